The van der Waals surface area contributed by atoms with Gasteiger partial charge in [0.2, 0.25) is 0 Å². The molecular weight excluding hydrogens is 470 g/mol. The first-order chi connectivity index (χ1) is 16.6. The zero-order valence-electron chi connectivity index (χ0n) is 18.3. The van der Waals surface area contributed by atoms with Crippen LogP contribution in [0.25, 0.3) is 10.8 Å². The monoisotopic (exact) mass is 491 g/mol. The van der Waals surface area contributed by atoms with Gasteiger partial charge in [-0.25, -0.2) is 4.79 Å². The molecule has 0 radical (unpaired) electrons. The summed E-state index contributed by atoms with van der Waals surface area (Å²) in [4.78, 5) is 23.5. The van der Waals surface area contributed by atoms with Gasteiger partial charge in [0.25, 0.3) is 16.0 Å². The molecule has 8 nitrogen and oxygen atoms in total. The lowest BCUT2D eigenvalue weighted by Gasteiger charge is -2.13. The molecule has 0 aliphatic carbocycles. The number of benzene rings is 4. The molecule has 0 bridgehead atoms. The van der Waals surface area contributed by atoms with Crippen LogP contribution in [0.2, 0.25) is 0 Å². The second-order valence-corrected chi connectivity index (χ2v) is 9.37. The molecule has 0 heterocycles. The van der Waals surface area contributed by atoms with Crippen LogP contribution >= 0.6 is 0 Å². The zero-order chi connectivity index (χ0) is 25.2. The minimum Gasteiger partial charge on any atom is -0.478 e. The van der Waals surface area contributed by atoms with E-state index >= 15 is 0 Å². The van der Waals surface area contributed by atoms with Crippen LogP contribution in [0.15, 0.2) is 89.8 Å². The number of fused-ring (bicyclic) bond motifs is 1. The van der Waals surface area contributed by atoms with Crippen molar-refractivity contribution in [2.24, 2.45) is 0 Å². The Morgan fingerprint density at radius 2 is 1.37 bits per heavy atom. The van der Waals surface area contributed by atoms with Gasteiger partial charge in [-0.05, 0) is 69.9 Å². The van der Waals surface area contributed by atoms with Crippen LogP contribution in [0.5, 0.6) is 0 Å². The van der Waals surface area contributed by atoms with Crippen molar-refractivity contribution in [1.29, 1.82) is 0 Å². The van der Waals surface area contributed by atoms with E-state index in [0.29, 0.717) is 22.3 Å². The molecule has 178 valence electrons. The molecule has 4 N–H and O–H groups in total. The molecule has 0 aliphatic rings. The summed E-state index contributed by atoms with van der Waals surface area (Å²) >= 11 is 0. The van der Waals surface area contributed by atoms with Gasteiger partial charge in [-0.15, -0.1) is 0 Å². The van der Waals surface area contributed by atoms with Gasteiger partial charge >= 0.3 is 5.97 Å². The number of hydrogen-bond donors (Lipinski definition) is 4. The number of carboxylic acid groups (broad SMARTS) is 1. The van der Waals surface area contributed by atoms with Crippen LogP contribution in [0.1, 0.15) is 43.5 Å². The first kappa shape index (κ1) is 24.1. The van der Waals surface area contributed by atoms with Crippen LogP contribution in [0, 0.1) is 0 Å². The maximum absolute atomic E-state index is 12.7. The fourth-order valence-corrected chi connectivity index (χ4v) is 4.12. The Hall–Kier alpha value is -4.05. The van der Waals surface area contributed by atoms with Crippen molar-refractivity contribution in [3.63, 3.8) is 0 Å². The quantitative estimate of drug-likeness (QED) is 0.288. The number of rotatable bonds is 7. The second-order valence-electron chi connectivity index (χ2n) is 7.95. The summed E-state index contributed by atoms with van der Waals surface area (Å²) in [5.41, 5.74) is 2.33. The molecule has 0 spiro atoms. The number of aromatic carboxylic acids is 1. The van der Waals surface area contributed by atoms with Crippen molar-refractivity contribution in [2.45, 2.75) is 17.5 Å². The Kier molecular flexibility index (Phi) is 6.65. The Balaban J connectivity index is 1.50. The van der Waals surface area contributed by atoms with Crippen molar-refractivity contribution in [2.75, 3.05) is 0 Å². The number of hydrogen-bond acceptors (Lipinski definition) is 5. The van der Waals surface area contributed by atoms with Crippen molar-refractivity contribution in [3.8, 4) is 0 Å². The van der Waals surface area contributed by atoms with Crippen LogP contribution in [-0.2, 0) is 16.7 Å². The number of aliphatic hydroxyl groups is 1. The summed E-state index contributed by atoms with van der Waals surface area (Å²) in [6.07, 6.45) is -0.967. The van der Waals surface area contributed by atoms with E-state index in [2.05, 4.69) is 5.32 Å². The summed E-state index contributed by atoms with van der Waals surface area (Å²) in [6.45, 7) is 0.160. The molecule has 35 heavy (non-hydrogen) atoms. The van der Waals surface area contributed by atoms with E-state index in [1.165, 1.54) is 36.4 Å². The Bertz CT molecular complexity index is 1510. The van der Waals surface area contributed by atoms with Gasteiger partial charge in [0, 0.05) is 12.1 Å². The summed E-state index contributed by atoms with van der Waals surface area (Å²) in [5, 5.41) is 24.2. The van der Waals surface area contributed by atoms with Crippen molar-refractivity contribution in [1.82, 2.24) is 5.32 Å². The van der Waals surface area contributed by atoms with Crippen molar-refractivity contribution < 1.29 is 32.8 Å². The standard InChI is InChI=1S/C26H21NO7S/c28-24(18-5-7-19(8-6-18)26(30)31)20-9-3-17-4-10-21(14-22(17)13-20)25(29)27-15-16-1-11-23(12-2-16)35(32,33)34/h1-14,24,28H,15H2,(H,27,29)(H,30,31)(H,32,33,34). The zero-order valence-corrected chi connectivity index (χ0v) is 19.1. The molecule has 4 aromatic rings. The van der Waals surface area contributed by atoms with Gasteiger partial charge in [-0.3, -0.25) is 9.35 Å². The SMILES string of the molecule is O=C(O)c1ccc(C(O)c2ccc3ccc(C(=O)NCc4ccc(S(=O)(=O)O)cc4)cc3c2)cc1. The highest BCUT2D eigenvalue weighted by Crippen LogP contribution is 2.26. The molecule has 1 atom stereocenters. The van der Waals surface area contributed by atoms with Gasteiger partial charge in [0.15, 0.2) is 0 Å². The van der Waals surface area contributed by atoms with Crippen molar-refractivity contribution in [3.05, 3.63) is 113 Å². The summed E-state index contributed by atoms with van der Waals surface area (Å²) in [6, 6.07) is 22.1. The molecule has 0 aromatic heterocycles. The van der Waals surface area contributed by atoms with Crippen LogP contribution in [0.4, 0.5) is 0 Å². The van der Waals surface area contributed by atoms with E-state index in [9.17, 15) is 23.1 Å². The minimum atomic E-state index is -4.28. The van der Waals surface area contributed by atoms with Crippen LogP contribution in [-0.4, -0.2) is 35.1 Å². The van der Waals surface area contributed by atoms with E-state index in [1.807, 2.05) is 6.07 Å². The van der Waals surface area contributed by atoms with Gasteiger partial charge < -0.3 is 15.5 Å². The second kappa shape index (κ2) is 9.67. The highest BCUT2D eigenvalue weighted by atomic mass is 32.2. The number of aliphatic hydroxyl groups excluding tert-OH is 1. The van der Waals surface area contributed by atoms with Crippen LogP contribution in [0.3, 0.4) is 0 Å². The lowest BCUT2D eigenvalue weighted by Crippen LogP contribution is -2.22. The molecule has 4 aromatic carbocycles. The maximum atomic E-state index is 12.7. The average molecular weight is 492 g/mol. The molecule has 0 saturated carbocycles. The highest BCUT2D eigenvalue weighted by molar-refractivity contribution is 7.85. The molecule has 4 rings (SSSR count). The number of amides is 1. The summed E-state index contributed by atoms with van der Waals surface area (Å²) in [7, 11) is -4.28. The molecule has 0 saturated heterocycles. The first-order valence-corrected chi connectivity index (χ1v) is 12.0. The largest absolute Gasteiger partial charge is 0.478 e. The maximum Gasteiger partial charge on any atom is 0.335 e. The number of carbonyl (C=O) groups is 2. The Morgan fingerprint density at radius 3 is 2.00 bits per heavy atom. The molecule has 0 aliphatic heterocycles. The molecule has 1 unspecified atom stereocenters. The first-order valence-electron chi connectivity index (χ1n) is 10.5. The smallest absolute Gasteiger partial charge is 0.335 e. The third kappa shape index (κ3) is 5.55. The van der Waals surface area contributed by atoms with E-state index in [4.69, 9.17) is 9.66 Å². The molecule has 9 heteroatoms. The lowest BCUT2D eigenvalue weighted by atomic mass is 9.97. The summed E-state index contributed by atoms with van der Waals surface area (Å²) < 4.78 is 31.3. The molecule has 1 amide bonds. The summed E-state index contributed by atoms with van der Waals surface area (Å²) in [5.74, 6) is -1.38. The molecule has 0 fully saturated rings. The third-order valence-corrected chi connectivity index (χ3v) is 6.46. The number of carbonyl (C=O) groups excluding carboxylic acids is 1. The Labute approximate surface area is 201 Å². The average Bonchev–Trinajstić information content (AvgIpc) is 2.86. The minimum absolute atomic E-state index is 0.129. The van der Waals surface area contributed by atoms with Gasteiger partial charge in [-0.2, -0.15) is 8.42 Å². The fraction of sp³-hybridized carbons (Fsp3) is 0.0769. The predicted molar refractivity (Wildman–Crippen MR) is 129 cm³/mol. The van der Waals surface area contributed by atoms with Gasteiger partial charge in [0.1, 0.15) is 6.10 Å². The van der Waals surface area contributed by atoms with Gasteiger partial charge in [-0.1, -0.05) is 42.5 Å². The number of carboxylic acids is 1. The predicted octanol–water partition coefficient (Wildman–Crippen LogP) is 3.80. The van der Waals surface area contributed by atoms with E-state index < -0.39 is 22.2 Å². The van der Waals surface area contributed by atoms with Crippen molar-refractivity contribution >= 4 is 32.8 Å². The topological polar surface area (TPSA) is 141 Å². The van der Waals surface area contributed by atoms with E-state index in [-0.39, 0.29) is 22.9 Å². The molecular formula is C26H21NO7S. The Morgan fingerprint density at radius 1 is 0.771 bits per heavy atom. The van der Waals surface area contributed by atoms with E-state index in [1.54, 1.807) is 42.5 Å². The normalized spacial score (nSPS) is 12.3. The lowest BCUT2D eigenvalue weighted by molar-refractivity contribution is 0.0696. The fourth-order valence-electron chi connectivity index (χ4n) is 3.64. The third-order valence-electron chi connectivity index (χ3n) is 5.59. The highest BCUT2D eigenvalue weighted by Gasteiger charge is 2.14. The number of nitrogens with one attached hydrogen (secondary N) is 1. The van der Waals surface area contributed by atoms with Crippen LogP contribution < -0.4 is 5.32 Å². The van der Waals surface area contributed by atoms with Gasteiger partial charge in [0.05, 0.1) is 10.5 Å². The van der Waals surface area contributed by atoms with E-state index in [0.717, 1.165) is 10.8 Å².